The number of hydrogen-bond donors (Lipinski definition) is 0. The molecule has 2 heterocycles. The Morgan fingerprint density at radius 2 is 1.81 bits per heavy atom. The molecule has 0 aliphatic carbocycles. The van der Waals surface area contributed by atoms with Crippen molar-refractivity contribution in [1.29, 1.82) is 0 Å². The number of benzene rings is 1. The molecule has 0 saturated heterocycles. The second-order valence-electron chi connectivity index (χ2n) is 4.79. The van der Waals surface area contributed by atoms with Crippen LogP contribution in [0.2, 0.25) is 0 Å². The number of aryl methyl sites for hydroxylation is 1. The molecule has 0 atom stereocenters. The van der Waals surface area contributed by atoms with E-state index in [1.807, 2.05) is 44.6 Å². The molecule has 0 unspecified atom stereocenters. The van der Waals surface area contributed by atoms with E-state index < -0.39 is 0 Å². The third-order valence-corrected chi connectivity index (χ3v) is 4.28. The second-order valence-corrected chi connectivity index (χ2v) is 5.73. The molecule has 1 aromatic carbocycles. The first-order valence-corrected chi connectivity index (χ1v) is 7.70. The van der Waals surface area contributed by atoms with Crippen molar-refractivity contribution < 1.29 is 0 Å². The first-order chi connectivity index (χ1) is 10.2. The molecule has 2 aromatic heterocycles. The van der Waals surface area contributed by atoms with E-state index >= 15 is 0 Å². The monoisotopic (exact) mass is 296 g/mol. The minimum absolute atomic E-state index is 0.770. The fraction of sp³-hybridized carbons (Fsp3) is 0.188. The summed E-state index contributed by atoms with van der Waals surface area (Å²) in [6.07, 6.45) is 5.53. The van der Waals surface area contributed by atoms with Gasteiger partial charge in [0.25, 0.3) is 0 Å². The third-order valence-electron chi connectivity index (χ3n) is 3.20. The summed E-state index contributed by atoms with van der Waals surface area (Å²) in [7, 11) is 2.04. The van der Waals surface area contributed by atoms with Crippen LogP contribution in [0.4, 0.5) is 0 Å². The van der Waals surface area contributed by atoms with Crippen LogP contribution in [0.15, 0.2) is 54.1 Å². The Labute approximate surface area is 128 Å². The molecule has 0 fully saturated rings. The van der Waals surface area contributed by atoms with Gasteiger partial charge in [-0.3, -0.25) is 9.97 Å². The molecule has 5 heteroatoms. The molecule has 4 nitrogen and oxygen atoms in total. The van der Waals surface area contributed by atoms with Crippen LogP contribution in [0, 0.1) is 6.92 Å². The van der Waals surface area contributed by atoms with E-state index in [1.165, 1.54) is 5.56 Å². The van der Waals surface area contributed by atoms with Crippen molar-refractivity contribution in [1.82, 2.24) is 19.5 Å². The summed E-state index contributed by atoms with van der Waals surface area (Å²) in [4.78, 5) is 13.1. The SMILES string of the molecule is Cc1cnc(CSc2ncc(-c3ccccc3)n2C)cn1. The maximum Gasteiger partial charge on any atom is 0.168 e. The van der Waals surface area contributed by atoms with Gasteiger partial charge in [-0.25, -0.2) is 4.98 Å². The average Bonchev–Trinajstić information content (AvgIpc) is 2.89. The number of thioether (sulfide) groups is 1. The van der Waals surface area contributed by atoms with Gasteiger partial charge in [0.2, 0.25) is 0 Å². The summed E-state index contributed by atoms with van der Waals surface area (Å²) in [5.41, 5.74) is 4.20. The van der Waals surface area contributed by atoms with Crippen LogP contribution in [-0.4, -0.2) is 19.5 Å². The van der Waals surface area contributed by atoms with Crippen molar-refractivity contribution >= 4 is 11.8 Å². The number of imidazole rings is 1. The maximum absolute atomic E-state index is 4.50. The summed E-state index contributed by atoms with van der Waals surface area (Å²) in [5.74, 6) is 0.770. The standard InChI is InChI=1S/C16H16N4S/c1-12-8-18-14(9-17-12)11-21-16-19-10-15(20(16)2)13-6-4-3-5-7-13/h3-10H,11H2,1-2H3. The predicted octanol–water partition coefficient (Wildman–Crippen LogP) is 3.48. The van der Waals surface area contributed by atoms with Crippen LogP contribution in [0.5, 0.6) is 0 Å². The molecule has 106 valence electrons. The first-order valence-electron chi connectivity index (χ1n) is 6.71. The fourth-order valence-electron chi connectivity index (χ4n) is 2.04. The minimum atomic E-state index is 0.770. The van der Waals surface area contributed by atoms with E-state index in [4.69, 9.17) is 0 Å². The van der Waals surface area contributed by atoms with Crippen molar-refractivity contribution in [2.24, 2.45) is 7.05 Å². The van der Waals surface area contributed by atoms with Gasteiger partial charge in [0.1, 0.15) is 0 Å². The highest BCUT2D eigenvalue weighted by molar-refractivity contribution is 7.98. The van der Waals surface area contributed by atoms with Gasteiger partial charge >= 0.3 is 0 Å². The molecular weight excluding hydrogens is 280 g/mol. The number of hydrogen-bond acceptors (Lipinski definition) is 4. The molecule has 0 radical (unpaired) electrons. The van der Waals surface area contributed by atoms with E-state index in [2.05, 4.69) is 31.7 Å². The summed E-state index contributed by atoms with van der Waals surface area (Å²) >= 11 is 1.67. The zero-order valence-electron chi connectivity index (χ0n) is 12.0. The third kappa shape index (κ3) is 3.13. The lowest BCUT2D eigenvalue weighted by atomic mass is 10.2. The van der Waals surface area contributed by atoms with E-state index in [1.54, 1.807) is 18.0 Å². The smallest absolute Gasteiger partial charge is 0.168 e. The van der Waals surface area contributed by atoms with Gasteiger partial charge in [0, 0.05) is 25.2 Å². The highest BCUT2D eigenvalue weighted by atomic mass is 32.2. The molecule has 0 spiro atoms. The molecule has 0 aliphatic rings. The fourth-order valence-corrected chi connectivity index (χ4v) is 2.88. The molecule has 0 aliphatic heterocycles. The van der Waals surface area contributed by atoms with Crippen molar-refractivity contribution in [3.63, 3.8) is 0 Å². The molecule has 3 rings (SSSR count). The average molecular weight is 296 g/mol. The van der Waals surface area contributed by atoms with Crippen molar-refractivity contribution in [3.8, 4) is 11.3 Å². The van der Waals surface area contributed by atoms with Crippen LogP contribution < -0.4 is 0 Å². The first kappa shape index (κ1) is 13.8. The largest absolute Gasteiger partial charge is 0.322 e. The van der Waals surface area contributed by atoms with Crippen molar-refractivity contribution in [2.45, 2.75) is 17.8 Å². The maximum atomic E-state index is 4.50. The zero-order valence-corrected chi connectivity index (χ0v) is 12.8. The number of nitrogens with zero attached hydrogens (tertiary/aromatic N) is 4. The Bertz CT molecular complexity index is 720. The molecular formula is C16H16N4S. The Hall–Kier alpha value is -2.14. The quantitative estimate of drug-likeness (QED) is 0.691. The summed E-state index contributed by atoms with van der Waals surface area (Å²) in [6, 6.07) is 10.3. The lowest BCUT2D eigenvalue weighted by Crippen LogP contribution is -1.96. The van der Waals surface area contributed by atoms with Crippen LogP contribution in [0.1, 0.15) is 11.4 Å². The lowest BCUT2D eigenvalue weighted by Gasteiger charge is -2.05. The van der Waals surface area contributed by atoms with Crippen LogP contribution >= 0.6 is 11.8 Å². The molecule has 0 amide bonds. The molecule has 21 heavy (non-hydrogen) atoms. The minimum Gasteiger partial charge on any atom is -0.322 e. The second kappa shape index (κ2) is 6.10. The van der Waals surface area contributed by atoms with Gasteiger partial charge in [-0.1, -0.05) is 42.1 Å². The van der Waals surface area contributed by atoms with Gasteiger partial charge in [0.15, 0.2) is 5.16 Å². The molecule has 0 bridgehead atoms. The van der Waals surface area contributed by atoms with Crippen LogP contribution in [-0.2, 0) is 12.8 Å². The predicted molar refractivity (Wildman–Crippen MR) is 85.0 cm³/mol. The van der Waals surface area contributed by atoms with E-state index in [-0.39, 0.29) is 0 Å². The highest BCUT2D eigenvalue weighted by Crippen LogP contribution is 2.26. The van der Waals surface area contributed by atoms with Gasteiger partial charge in [-0.15, -0.1) is 0 Å². The summed E-state index contributed by atoms with van der Waals surface area (Å²) in [5, 5.41) is 0.983. The molecule has 3 aromatic rings. The summed E-state index contributed by atoms with van der Waals surface area (Å²) < 4.78 is 2.11. The Morgan fingerprint density at radius 3 is 2.52 bits per heavy atom. The normalized spacial score (nSPS) is 10.8. The van der Waals surface area contributed by atoms with E-state index in [0.717, 1.165) is 28.0 Å². The summed E-state index contributed by atoms with van der Waals surface area (Å²) in [6.45, 7) is 1.94. The number of rotatable bonds is 4. The van der Waals surface area contributed by atoms with Crippen LogP contribution in [0.3, 0.4) is 0 Å². The van der Waals surface area contributed by atoms with Crippen molar-refractivity contribution in [3.05, 3.63) is 60.3 Å². The van der Waals surface area contributed by atoms with Gasteiger partial charge in [-0.05, 0) is 12.5 Å². The van der Waals surface area contributed by atoms with Crippen molar-refractivity contribution in [2.75, 3.05) is 0 Å². The molecule has 0 N–H and O–H groups in total. The van der Waals surface area contributed by atoms with Gasteiger partial charge < -0.3 is 4.57 Å². The van der Waals surface area contributed by atoms with Crippen LogP contribution in [0.25, 0.3) is 11.3 Å². The lowest BCUT2D eigenvalue weighted by molar-refractivity contribution is 0.796. The van der Waals surface area contributed by atoms with Gasteiger partial charge in [0.05, 0.1) is 23.3 Å². The Morgan fingerprint density at radius 1 is 1.00 bits per heavy atom. The molecule has 0 saturated carbocycles. The Balaban J connectivity index is 1.75. The zero-order chi connectivity index (χ0) is 14.7. The highest BCUT2D eigenvalue weighted by Gasteiger charge is 2.09. The van der Waals surface area contributed by atoms with E-state index in [9.17, 15) is 0 Å². The van der Waals surface area contributed by atoms with Gasteiger partial charge in [-0.2, -0.15) is 0 Å². The van der Waals surface area contributed by atoms with E-state index in [0.29, 0.717) is 0 Å². The topological polar surface area (TPSA) is 43.6 Å². The number of aromatic nitrogens is 4. The Kier molecular flexibility index (Phi) is 4.01.